The maximum absolute atomic E-state index is 13.3. The number of piperidine rings is 1. The van der Waals surface area contributed by atoms with Gasteiger partial charge >= 0.3 is 0 Å². The molecule has 0 bridgehead atoms. The lowest BCUT2D eigenvalue weighted by atomic mass is 10.00. The Labute approximate surface area is 205 Å². The number of fused-ring (bicyclic) bond motifs is 1. The molecule has 0 spiro atoms. The zero-order chi connectivity index (χ0) is 24.8. The lowest BCUT2D eigenvalue weighted by Gasteiger charge is -2.35. The Balaban J connectivity index is 1.58. The maximum Gasteiger partial charge on any atom is 0.279 e. The van der Waals surface area contributed by atoms with E-state index in [1.54, 1.807) is 56.7 Å². The van der Waals surface area contributed by atoms with Gasteiger partial charge in [0.05, 0.1) is 25.3 Å². The number of rotatable bonds is 9. The highest BCUT2D eigenvalue weighted by Gasteiger charge is 2.21. The molecule has 1 amide bonds. The van der Waals surface area contributed by atoms with E-state index in [-0.39, 0.29) is 17.2 Å². The fourth-order valence-corrected chi connectivity index (χ4v) is 4.83. The van der Waals surface area contributed by atoms with Gasteiger partial charge in [0.2, 0.25) is 0 Å². The summed E-state index contributed by atoms with van der Waals surface area (Å²) in [6.45, 7) is 4.89. The summed E-state index contributed by atoms with van der Waals surface area (Å²) < 4.78 is 11.9. The van der Waals surface area contributed by atoms with Gasteiger partial charge in [0.1, 0.15) is 11.5 Å². The molecule has 8 nitrogen and oxygen atoms in total. The molecule has 1 atom stereocenters. The Morgan fingerprint density at radius 3 is 2.49 bits per heavy atom. The minimum absolute atomic E-state index is 0.214. The van der Waals surface area contributed by atoms with E-state index in [1.807, 2.05) is 0 Å². The first kappa shape index (κ1) is 24.7. The van der Waals surface area contributed by atoms with Crippen molar-refractivity contribution < 1.29 is 14.3 Å². The zero-order valence-electron chi connectivity index (χ0n) is 20.8. The summed E-state index contributed by atoms with van der Waals surface area (Å²) in [5.41, 5.74) is 0.358. The van der Waals surface area contributed by atoms with Crippen molar-refractivity contribution in [1.29, 1.82) is 0 Å². The second kappa shape index (κ2) is 11.4. The average Bonchev–Trinajstić information content (AvgIpc) is 2.91. The van der Waals surface area contributed by atoms with Crippen molar-refractivity contribution in [2.45, 2.75) is 45.1 Å². The number of nitrogens with zero attached hydrogens (tertiary/aromatic N) is 3. The first-order chi connectivity index (χ1) is 17.0. The van der Waals surface area contributed by atoms with Crippen LogP contribution in [0.25, 0.3) is 16.5 Å². The number of ether oxygens (including phenoxy) is 2. The topological polar surface area (TPSA) is 85.7 Å². The third-order valence-electron chi connectivity index (χ3n) is 6.73. The summed E-state index contributed by atoms with van der Waals surface area (Å²) in [5, 5.41) is 8.46. The van der Waals surface area contributed by atoms with Crippen LogP contribution in [-0.2, 0) is 0 Å². The molecule has 1 aliphatic heterocycles. The molecule has 1 fully saturated rings. The molecule has 4 rings (SSSR count). The van der Waals surface area contributed by atoms with Crippen LogP contribution in [0.3, 0.4) is 0 Å². The number of hydrogen-bond donors (Lipinski definition) is 1. The Kier molecular flexibility index (Phi) is 8.02. The quantitative estimate of drug-likeness (QED) is 0.471. The monoisotopic (exact) mass is 478 g/mol. The van der Waals surface area contributed by atoms with Gasteiger partial charge in [0.15, 0.2) is 5.69 Å². The van der Waals surface area contributed by atoms with Gasteiger partial charge in [0, 0.05) is 42.7 Å². The lowest BCUT2D eigenvalue weighted by Crippen LogP contribution is -2.40. The van der Waals surface area contributed by atoms with Gasteiger partial charge in [-0.25, -0.2) is 0 Å². The van der Waals surface area contributed by atoms with Crippen molar-refractivity contribution in [3.8, 4) is 17.2 Å². The van der Waals surface area contributed by atoms with Crippen LogP contribution in [0.1, 0.15) is 49.5 Å². The molecule has 186 valence electrons. The van der Waals surface area contributed by atoms with Crippen molar-refractivity contribution in [3.05, 3.63) is 58.5 Å². The van der Waals surface area contributed by atoms with Gasteiger partial charge in [-0.05, 0) is 38.3 Å². The van der Waals surface area contributed by atoms with Crippen molar-refractivity contribution in [2.24, 2.45) is 0 Å². The number of carbonyl (C=O) groups excluding carboxylic acids is 1. The molecule has 0 aliphatic carbocycles. The number of nitrogens with one attached hydrogen (secondary N) is 1. The first-order valence-corrected chi connectivity index (χ1v) is 12.3. The summed E-state index contributed by atoms with van der Waals surface area (Å²) >= 11 is 0. The van der Waals surface area contributed by atoms with E-state index in [2.05, 4.69) is 22.2 Å². The SMILES string of the molecule is CCC1CCCCN1CCCNC(=O)c1nn(-c2cc(OC)cc(OC)c2)c(=O)c2ccccc12. The highest BCUT2D eigenvalue weighted by molar-refractivity contribution is 6.04. The molecule has 1 aliphatic rings. The van der Waals surface area contributed by atoms with Crippen molar-refractivity contribution >= 4 is 16.7 Å². The number of benzene rings is 2. The average molecular weight is 479 g/mol. The van der Waals surface area contributed by atoms with Gasteiger partial charge in [0.25, 0.3) is 11.5 Å². The number of amides is 1. The van der Waals surface area contributed by atoms with Gasteiger partial charge in [-0.2, -0.15) is 9.78 Å². The van der Waals surface area contributed by atoms with Crippen LogP contribution in [-0.4, -0.2) is 60.5 Å². The molecule has 0 radical (unpaired) electrons. The van der Waals surface area contributed by atoms with Crippen LogP contribution in [0.5, 0.6) is 11.5 Å². The second-order valence-electron chi connectivity index (χ2n) is 8.89. The van der Waals surface area contributed by atoms with Gasteiger partial charge in [-0.3, -0.25) is 9.59 Å². The highest BCUT2D eigenvalue weighted by atomic mass is 16.5. The fourth-order valence-electron chi connectivity index (χ4n) is 4.83. The van der Waals surface area contributed by atoms with E-state index in [0.717, 1.165) is 19.5 Å². The first-order valence-electron chi connectivity index (χ1n) is 12.3. The molecule has 0 saturated carbocycles. The van der Waals surface area contributed by atoms with Crippen LogP contribution >= 0.6 is 0 Å². The molecule has 1 N–H and O–H groups in total. The molecular weight excluding hydrogens is 444 g/mol. The van der Waals surface area contributed by atoms with E-state index in [9.17, 15) is 9.59 Å². The smallest absolute Gasteiger partial charge is 0.279 e. The normalized spacial score (nSPS) is 16.3. The molecule has 1 unspecified atom stereocenters. The number of aromatic nitrogens is 2. The minimum Gasteiger partial charge on any atom is -0.497 e. The third kappa shape index (κ3) is 5.48. The summed E-state index contributed by atoms with van der Waals surface area (Å²) in [6.07, 6.45) is 5.84. The van der Waals surface area contributed by atoms with Gasteiger partial charge in [-0.15, -0.1) is 0 Å². The summed E-state index contributed by atoms with van der Waals surface area (Å²) in [6, 6.07) is 12.8. The van der Waals surface area contributed by atoms with E-state index in [4.69, 9.17) is 9.47 Å². The van der Waals surface area contributed by atoms with Crippen LogP contribution in [0.4, 0.5) is 0 Å². The Morgan fingerprint density at radius 1 is 1.09 bits per heavy atom. The fraction of sp³-hybridized carbons (Fsp3) is 0.444. The van der Waals surface area contributed by atoms with Crippen molar-refractivity contribution in [3.63, 3.8) is 0 Å². The molecule has 35 heavy (non-hydrogen) atoms. The van der Waals surface area contributed by atoms with Gasteiger partial charge in [-0.1, -0.05) is 31.5 Å². The lowest BCUT2D eigenvalue weighted by molar-refractivity contribution is 0.0942. The largest absolute Gasteiger partial charge is 0.497 e. The molecular formula is C27H34N4O4. The van der Waals surface area contributed by atoms with Crippen molar-refractivity contribution in [1.82, 2.24) is 20.0 Å². The summed E-state index contributed by atoms with van der Waals surface area (Å²) in [5.74, 6) is 0.751. The molecule has 3 aromatic rings. The molecule has 8 heteroatoms. The molecule has 2 heterocycles. The predicted octanol–water partition coefficient (Wildman–Crippen LogP) is 3.79. The summed E-state index contributed by atoms with van der Waals surface area (Å²) in [4.78, 5) is 29.0. The van der Waals surface area contributed by atoms with Crippen LogP contribution in [0.15, 0.2) is 47.3 Å². The zero-order valence-corrected chi connectivity index (χ0v) is 20.8. The Hall–Kier alpha value is -3.39. The maximum atomic E-state index is 13.3. The number of carbonyl (C=O) groups is 1. The van der Waals surface area contributed by atoms with Crippen LogP contribution in [0.2, 0.25) is 0 Å². The van der Waals surface area contributed by atoms with Crippen LogP contribution < -0.4 is 20.3 Å². The highest BCUT2D eigenvalue weighted by Crippen LogP contribution is 2.25. The van der Waals surface area contributed by atoms with Gasteiger partial charge < -0.3 is 19.7 Å². The second-order valence-corrected chi connectivity index (χ2v) is 8.89. The molecule has 1 saturated heterocycles. The third-order valence-corrected chi connectivity index (χ3v) is 6.73. The standard InChI is InChI=1S/C27H34N4O4/c1-4-19-10-7-8-14-30(19)15-9-13-28-26(32)25-23-11-5-6-12-24(23)27(33)31(29-25)20-16-21(34-2)18-22(17-20)35-3/h5-6,11-12,16-19H,4,7-10,13-15H2,1-3H3,(H,28,32). The number of likely N-dealkylation sites (tertiary alicyclic amines) is 1. The van der Waals surface area contributed by atoms with E-state index in [1.165, 1.54) is 30.4 Å². The molecule has 1 aromatic heterocycles. The van der Waals surface area contributed by atoms with Crippen LogP contribution in [0, 0.1) is 0 Å². The van der Waals surface area contributed by atoms with E-state index >= 15 is 0 Å². The minimum atomic E-state index is -0.317. The Bertz CT molecular complexity index is 1220. The predicted molar refractivity (Wildman–Crippen MR) is 137 cm³/mol. The van der Waals surface area contributed by atoms with E-state index < -0.39 is 0 Å². The van der Waals surface area contributed by atoms with Crippen molar-refractivity contribution in [2.75, 3.05) is 33.9 Å². The Morgan fingerprint density at radius 2 is 1.80 bits per heavy atom. The number of methoxy groups -OCH3 is 2. The van der Waals surface area contributed by atoms with E-state index in [0.29, 0.717) is 40.5 Å². The number of hydrogen-bond acceptors (Lipinski definition) is 6. The molecule has 2 aromatic carbocycles. The summed E-state index contributed by atoms with van der Waals surface area (Å²) in [7, 11) is 3.08.